The second-order valence-corrected chi connectivity index (χ2v) is 3.97. The maximum atomic E-state index is 11.9. The van der Waals surface area contributed by atoms with E-state index in [1.807, 2.05) is 0 Å². The van der Waals surface area contributed by atoms with Crippen LogP contribution in [0.1, 0.15) is 22.5 Å². The van der Waals surface area contributed by atoms with Gasteiger partial charge in [0.1, 0.15) is 0 Å². The Bertz CT molecular complexity index is 296. The van der Waals surface area contributed by atoms with E-state index in [4.69, 9.17) is 22.2 Å². The number of aliphatic hydroxyl groups is 1. The van der Waals surface area contributed by atoms with E-state index < -0.39 is 27.6 Å². The molecule has 0 aliphatic heterocycles. The zero-order chi connectivity index (χ0) is 13.3. The van der Waals surface area contributed by atoms with Crippen molar-refractivity contribution in [2.24, 2.45) is 0 Å². The van der Waals surface area contributed by atoms with E-state index in [1.165, 1.54) is 0 Å². The Balaban J connectivity index is 4.35. The third kappa shape index (κ3) is 7.48. The fraction of sp³-hybridized carbons (Fsp3) is 0.875. The number of hydrogen-bond acceptors (Lipinski definition) is 6. The van der Waals surface area contributed by atoms with Crippen LogP contribution in [-0.2, 0) is 18.1 Å². The number of aliphatic hydroxyl groups excluding tert-OH is 1. The van der Waals surface area contributed by atoms with Crippen LogP contribution in [0, 0.1) is 11.3 Å². The van der Waals surface area contributed by atoms with Crippen LogP contribution < -0.4 is 0 Å². The van der Waals surface area contributed by atoms with Crippen LogP contribution in [0.25, 0.3) is 0 Å². The summed E-state index contributed by atoms with van der Waals surface area (Å²) in [6.45, 7) is -1.74. The van der Waals surface area contributed by atoms with Crippen LogP contribution >= 0.6 is 7.82 Å². The van der Waals surface area contributed by atoms with Gasteiger partial charge in [-0.1, -0.05) is 6.92 Å². The van der Waals surface area contributed by atoms with Gasteiger partial charge in [0.25, 0.3) is 0 Å². The molecule has 6 nitrogen and oxygen atoms in total. The highest BCUT2D eigenvalue weighted by Gasteiger charge is 2.25. The minimum absolute atomic E-state index is 0.00503. The van der Waals surface area contributed by atoms with Gasteiger partial charge in [-0.15, -0.1) is 0 Å². The lowest BCUT2D eigenvalue weighted by Gasteiger charge is -2.16. The van der Waals surface area contributed by atoms with Gasteiger partial charge >= 0.3 is 7.82 Å². The highest BCUT2D eigenvalue weighted by atomic mass is 31.2. The van der Waals surface area contributed by atoms with Crippen LogP contribution in [0.2, 0.25) is 0 Å². The van der Waals surface area contributed by atoms with E-state index >= 15 is 0 Å². The first-order valence-electron chi connectivity index (χ1n) is 5.56. The number of phosphoric ester groups is 1. The molecule has 0 saturated heterocycles. The van der Waals surface area contributed by atoms with Crippen molar-refractivity contribution in [2.45, 2.75) is 19.8 Å². The third-order valence-corrected chi connectivity index (χ3v) is 2.51. The van der Waals surface area contributed by atoms with E-state index in [2.05, 4.69) is 4.52 Å². The topological polar surface area (TPSA) is 88.8 Å². The van der Waals surface area contributed by atoms with Crippen molar-refractivity contribution in [1.29, 1.82) is 5.26 Å². The van der Waals surface area contributed by atoms with Gasteiger partial charge in [-0.2, -0.15) is 5.26 Å². The van der Waals surface area contributed by atoms with Gasteiger partial charge in [0.05, 0.1) is 41.6 Å². The molecule has 15 heavy (non-hydrogen) atoms. The average molecular weight is 241 g/mol. The van der Waals surface area contributed by atoms with Gasteiger partial charge in [-0.25, -0.2) is 4.57 Å². The molecule has 0 aromatic rings. The Labute approximate surface area is 92.2 Å². The van der Waals surface area contributed by atoms with Crippen molar-refractivity contribution in [3.8, 4) is 6.07 Å². The number of rotatable bonds is 9. The van der Waals surface area contributed by atoms with Gasteiger partial charge in [0, 0.05) is 0 Å². The van der Waals surface area contributed by atoms with Crippen molar-refractivity contribution in [1.82, 2.24) is 0 Å². The molecule has 0 radical (unpaired) electrons. The monoisotopic (exact) mass is 241 g/mol. The normalized spacial score (nSPS) is 20.6. The summed E-state index contributed by atoms with van der Waals surface area (Å²) in [5, 5.41) is 17.0. The Morgan fingerprint density at radius 3 is 2.67 bits per heavy atom. The lowest BCUT2D eigenvalue weighted by molar-refractivity contribution is 0.0972. The van der Waals surface area contributed by atoms with Crippen molar-refractivity contribution in [3.05, 3.63) is 0 Å². The third-order valence-electron chi connectivity index (χ3n) is 1.14. The predicted molar refractivity (Wildman–Crippen MR) is 53.1 cm³/mol. The summed E-state index contributed by atoms with van der Waals surface area (Å²) in [5.74, 6) is 0. The highest BCUT2D eigenvalue weighted by molar-refractivity contribution is 7.48. The number of nitriles is 1. The van der Waals surface area contributed by atoms with Gasteiger partial charge in [-0.05, 0) is 6.42 Å². The highest BCUT2D eigenvalue weighted by Crippen LogP contribution is 2.49. The first-order valence-corrected chi connectivity index (χ1v) is 5.86. The Kier molecular flexibility index (Phi) is 6.51. The van der Waals surface area contributed by atoms with E-state index in [1.54, 1.807) is 13.0 Å². The molecule has 0 saturated carbocycles. The van der Waals surface area contributed by atoms with Crippen LogP contribution in [0.4, 0.5) is 0 Å². The molecule has 0 fully saturated rings. The molecule has 0 aliphatic rings. The number of hydrogen-bond donors (Lipinski definition) is 1. The first kappa shape index (κ1) is 11.1. The Morgan fingerprint density at radius 1 is 1.47 bits per heavy atom. The molecule has 3 atom stereocenters. The molecule has 0 aliphatic carbocycles. The van der Waals surface area contributed by atoms with Crippen LogP contribution in [0.15, 0.2) is 0 Å². The predicted octanol–water partition coefficient (Wildman–Crippen LogP) is 1.46. The zero-order valence-corrected chi connectivity index (χ0v) is 9.35. The summed E-state index contributed by atoms with van der Waals surface area (Å²) in [5.41, 5.74) is 0. The molecule has 0 rings (SSSR count). The van der Waals surface area contributed by atoms with Crippen LogP contribution in [0.5, 0.6) is 0 Å². The van der Waals surface area contributed by atoms with Crippen molar-refractivity contribution in [3.63, 3.8) is 0 Å². The molecule has 0 spiro atoms. The molecule has 3 unspecified atom stereocenters. The van der Waals surface area contributed by atoms with Crippen LogP contribution in [-0.4, -0.2) is 31.5 Å². The minimum atomic E-state index is -3.99. The molecule has 7 heteroatoms. The SMILES string of the molecule is [3H]C(O)COP(=O)(OCCC#N)OC([3H])CC. The molecule has 0 aromatic carbocycles. The number of phosphoric acid groups is 1. The van der Waals surface area contributed by atoms with E-state index in [0.29, 0.717) is 0 Å². The van der Waals surface area contributed by atoms with Gasteiger partial charge in [-0.3, -0.25) is 13.6 Å². The summed E-state index contributed by atoms with van der Waals surface area (Å²) >= 11 is 0. The smallest absolute Gasteiger partial charge is 0.394 e. The Morgan fingerprint density at radius 2 is 2.13 bits per heavy atom. The standard InChI is InChI=1S/C8H16NO5P/c1-2-6-12-15(11,14-8-5-10)13-7-3-4-9/h10H,2-3,5-8H2,1H3/i5T,6T. The second kappa shape index (κ2) is 8.84. The van der Waals surface area contributed by atoms with Crippen LogP contribution in [0.3, 0.4) is 0 Å². The zero-order valence-electron chi connectivity index (χ0n) is 10.5. The van der Waals surface area contributed by atoms with Crippen molar-refractivity contribution < 1.29 is 26.0 Å². The molecule has 0 heterocycles. The van der Waals surface area contributed by atoms with E-state index in [-0.39, 0.29) is 19.4 Å². The quantitative estimate of drug-likeness (QED) is 0.485. The summed E-state index contributed by atoms with van der Waals surface area (Å²) in [4.78, 5) is 0. The summed E-state index contributed by atoms with van der Waals surface area (Å²) in [6.07, 6.45) is 0.271. The van der Waals surface area contributed by atoms with Crippen molar-refractivity contribution in [2.75, 3.05) is 26.4 Å². The fourth-order valence-electron chi connectivity index (χ4n) is 0.592. The molecular weight excluding hydrogens is 221 g/mol. The van der Waals surface area contributed by atoms with Gasteiger partial charge in [0.2, 0.25) is 0 Å². The fourth-order valence-corrected chi connectivity index (χ4v) is 1.68. The number of nitrogens with zero attached hydrogens (tertiary/aromatic N) is 1. The van der Waals surface area contributed by atoms with E-state index in [9.17, 15) is 4.57 Å². The molecular formula is C8H16NO5P. The van der Waals surface area contributed by atoms with Gasteiger partial charge < -0.3 is 5.11 Å². The maximum absolute atomic E-state index is 11.9. The van der Waals surface area contributed by atoms with Crippen molar-refractivity contribution >= 4 is 7.82 Å². The lowest BCUT2D eigenvalue weighted by Crippen LogP contribution is -2.05. The molecule has 1 N–H and O–H groups in total. The molecule has 0 amide bonds. The summed E-state index contributed by atoms with van der Waals surface area (Å²) < 4.78 is 40.2. The largest absolute Gasteiger partial charge is 0.474 e. The van der Waals surface area contributed by atoms with Gasteiger partial charge in [0.15, 0.2) is 0 Å². The summed E-state index contributed by atoms with van der Waals surface area (Å²) in [7, 11) is -3.99. The maximum Gasteiger partial charge on any atom is 0.474 e. The summed E-state index contributed by atoms with van der Waals surface area (Å²) in [6, 6.07) is 1.78. The second-order valence-electron chi connectivity index (χ2n) is 2.35. The Hall–Kier alpha value is -0.440. The first-order chi connectivity index (χ1) is 7.93. The minimum Gasteiger partial charge on any atom is -0.394 e. The lowest BCUT2D eigenvalue weighted by atomic mass is 10.5. The molecule has 0 bridgehead atoms. The van der Waals surface area contributed by atoms with E-state index in [0.717, 1.165) is 0 Å². The average Bonchev–Trinajstić information content (AvgIpc) is 2.27. The molecule has 0 aromatic heterocycles. The molecule has 88 valence electrons.